The molecule has 0 fully saturated rings. The van der Waals surface area contributed by atoms with Gasteiger partial charge < -0.3 is 14.8 Å². The van der Waals surface area contributed by atoms with Gasteiger partial charge in [-0.05, 0) is 17.7 Å². The van der Waals surface area contributed by atoms with Crippen molar-refractivity contribution in [1.29, 1.82) is 0 Å². The van der Waals surface area contributed by atoms with Crippen LogP contribution in [-0.4, -0.2) is 10.1 Å². The maximum Gasteiger partial charge on any atom is 0.180 e. The number of aromatic hydroxyl groups is 1. The summed E-state index contributed by atoms with van der Waals surface area (Å²) in [5.41, 5.74) is 1.12. The molecule has 0 spiro atoms. The first kappa shape index (κ1) is 9.73. The van der Waals surface area contributed by atoms with E-state index in [4.69, 9.17) is 9.52 Å². The molecular weight excluding hydrogens is 192 g/mol. The molecule has 0 radical (unpaired) electrons. The fraction of sp³-hybridized carbons (Fsp3) is 0.182. The van der Waals surface area contributed by atoms with Gasteiger partial charge in [0.2, 0.25) is 0 Å². The van der Waals surface area contributed by atoms with E-state index in [0.29, 0.717) is 6.54 Å². The van der Waals surface area contributed by atoms with Gasteiger partial charge in [-0.25, -0.2) is 4.98 Å². The van der Waals surface area contributed by atoms with Crippen LogP contribution in [0.15, 0.2) is 41.3 Å². The molecule has 2 N–H and O–H groups in total. The second kappa shape index (κ2) is 4.61. The van der Waals surface area contributed by atoms with E-state index in [0.717, 1.165) is 17.9 Å². The van der Waals surface area contributed by atoms with Gasteiger partial charge in [-0.3, -0.25) is 0 Å². The van der Waals surface area contributed by atoms with Crippen molar-refractivity contribution in [3.05, 3.63) is 48.2 Å². The molecule has 0 aliphatic rings. The molecule has 4 heteroatoms. The minimum Gasteiger partial charge on any atom is -0.508 e. The Labute approximate surface area is 87.6 Å². The maximum absolute atomic E-state index is 9.09. The van der Waals surface area contributed by atoms with Crippen molar-refractivity contribution in [2.24, 2.45) is 0 Å². The number of hydrogen-bond donors (Lipinski definition) is 2. The number of benzene rings is 1. The number of nitrogens with zero attached hydrogens (tertiary/aromatic N) is 1. The van der Waals surface area contributed by atoms with E-state index in [1.165, 1.54) is 6.39 Å². The highest BCUT2D eigenvalue weighted by Crippen LogP contribution is 2.09. The first-order valence-corrected chi connectivity index (χ1v) is 4.70. The summed E-state index contributed by atoms with van der Waals surface area (Å²) < 4.78 is 5.08. The SMILES string of the molecule is Oc1ccc(CNCc2cnco2)cc1. The Balaban J connectivity index is 1.81. The third-order valence-corrected chi connectivity index (χ3v) is 2.05. The topological polar surface area (TPSA) is 58.3 Å². The number of hydrogen-bond acceptors (Lipinski definition) is 4. The van der Waals surface area contributed by atoms with Crippen LogP contribution >= 0.6 is 0 Å². The van der Waals surface area contributed by atoms with E-state index in [1.807, 2.05) is 12.1 Å². The zero-order valence-electron chi connectivity index (χ0n) is 8.18. The molecule has 1 aromatic heterocycles. The first-order valence-electron chi connectivity index (χ1n) is 4.70. The lowest BCUT2D eigenvalue weighted by Crippen LogP contribution is -2.11. The van der Waals surface area contributed by atoms with Crippen LogP contribution in [0.3, 0.4) is 0 Å². The van der Waals surface area contributed by atoms with Gasteiger partial charge in [-0.2, -0.15) is 0 Å². The zero-order valence-corrected chi connectivity index (χ0v) is 8.18. The number of rotatable bonds is 4. The Morgan fingerprint density at radius 3 is 2.67 bits per heavy atom. The van der Waals surface area contributed by atoms with E-state index in [2.05, 4.69) is 10.3 Å². The fourth-order valence-corrected chi connectivity index (χ4v) is 1.27. The average molecular weight is 204 g/mol. The van der Waals surface area contributed by atoms with Gasteiger partial charge in [0, 0.05) is 6.54 Å². The molecule has 1 heterocycles. The molecule has 78 valence electrons. The minimum absolute atomic E-state index is 0.286. The Kier molecular flexibility index (Phi) is 2.99. The summed E-state index contributed by atoms with van der Waals surface area (Å²) in [6.45, 7) is 1.39. The normalized spacial score (nSPS) is 10.4. The molecule has 2 rings (SSSR count). The van der Waals surface area contributed by atoms with Crippen molar-refractivity contribution in [2.75, 3.05) is 0 Å². The molecule has 4 nitrogen and oxygen atoms in total. The Hall–Kier alpha value is -1.81. The van der Waals surface area contributed by atoms with Gasteiger partial charge in [-0.15, -0.1) is 0 Å². The van der Waals surface area contributed by atoms with E-state index in [1.54, 1.807) is 18.3 Å². The predicted molar refractivity (Wildman–Crippen MR) is 55.2 cm³/mol. The van der Waals surface area contributed by atoms with Gasteiger partial charge in [0.05, 0.1) is 12.7 Å². The zero-order chi connectivity index (χ0) is 10.5. The van der Waals surface area contributed by atoms with Crippen molar-refractivity contribution in [1.82, 2.24) is 10.3 Å². The van der Waals surface area contributed by atoms with E-state index in [9.17, 15) is 0 Å². The van der Waals surface area contributed by atoms with Crippen LogP contribution in [0.25, 0.3) is 0 Å². The maximum atomic E-state index is 9.09. The second-order valence-electron chi connectivity index (χ2n) is 3.24. The number of oxazole rings is 1. The van der Waals surface area contributed by atoms with Gasteiger partial charge in [-0.1, -0.05) is 12.1 Å². The summed E-state index contributed by atoms with van der Waals surface area (Å²) in [6, 6.07) is 7.10. The second-order valence-corrected chi connectivity index (χ2v) is 3.24. The van der Waals surface area contributed by atoms with E-state index < -0.39 is 0 Å². The summed E-state index contributed by atoms with van der Waals surface area (Å²) in [7, 11) is 0. The molecule has 0 bridgehead atoms. The van der Waals surface area contributed by atoms with Crippen LogP contribution in [0.4, 0.5) is 0 Å². The largest absolute Gasteiger partial charge is 0.508 e. The molecule has 0 atom stereocenters. The number of phenols is 1. The minimum atomic E-state index is 0.286. The van der Waals surface area contributed by atoms with Crippen LogP contribution in [0, 0.1) is 0 Å². The molecule has 15 heavy (non-hydrogen) atoms. The van der Waals surface area contributed by atoms with Crippen LogP contribution in [0.1, 0.15) is 11.3 Å². The van der Waals surface area contributed by atoms with Crippen molar-refractivity contribution in [2.45, 2.75) is 13.1 Å². The van der Waals surface area contributed by atoms with Crippen molar-refractivity contribution in [3.8, 4) is 5.75 Å². The number of aromatic nitrogens is 1. The molecule has 0 amide bonds. The Bertz CT molecular complexity index is 395. The molecule has 2 aromatic rings. The summed E-state index contributed by atoms with van der Waals surface area (Å²) in [6.07, 6.45) is 3.10. The lowest BCUT2D eigenvalue weighted by molar-refractivity contribution is 0.473. The molecule has 0 unspecified atom stereocenters. The monoisotopic (exact) mass is 204 g/mol. The smallest absolute Gasteiger partial charge is 0.180 e. The van der Waals surface area contributed by atoms with Gasteiger partial charge in [0.1, 0.15) is 11.5 Å². The fourth-order valence-electron chi connectivity index (χ4n) is 1.27. The standard InChI is InChI=1S/C11H12N2O2/c14-10-3-1-9(2-4-10)5-12-6-11-7-13-8-15-11/h1-4,7-8,12,14H,5-6H2. The van der Waals surface area contributed by atoms with Gasteiger partial charge in [0.15, 0.2) is 6.39 Å². The van der Waals surface area contributed by atoms with Crippen LogP contribution in [0.2, 0.25) is 0 Å². The van der Waals surface area contributed by atoms with Crippen LogP contribution in [-0.2, 0) is 13.1 Å². The number of phenolic OH excluding ortho intramolecular Hbond substituents is 1. The molecule has 0 saturated carbocycles. The van der Waals surface area contributed by atoms with Gasteiger partial charge >= 0.3 is 0 Å². The van der Waals surface area contributed by atoms with Crippen molar-refractivity contribution >= 4 is 0 Å². The highest BCUT2D eigenvalue weighted by atomic mass is 16.3. The molecule has 0 aliphatic heterocycles. The number of nitrogens with one attached hydrogen (secondary N) is 1. The van der Waals surface area contributed by atoms with Crippen LogP contribution in [0.5, 0.6) is 5.75 Å². The Morgan fingerprint density at radius 1 is 1.20 bits per heavy atom. The molecule has 0 aliphatic carbocycles. The summed E-state index contributed by atoms with van der Waals surface area (Å²) in [5, 5.41) is 12.3. The lowest BCUT2D eigenvalue weighted by atomic mass is 10.2. The van der Waals surface area contributed by atoms with Gasteiger partial charge in [0.25, 0.3) is 0 Å². The molecule has 0 saturated heterocycles. The van der Waals surface area contributed by atoms with Crippen LogP contribution < -0.4 is 5.32 Å². The highest BCUT2D eigenvalue weighted by molar-refractivity contribution is 5.25. The third-order valence-electron chi connectivity index (χ3n) is 2.05. The summed E-state index contributed by atoms with van der Waals surface area (Å²) >= 11 is 0. The van der Waals surface area contributed by atoms with E-state index in [-0.39, 0.29) is 5.75 Å². The summed E-state index contributed by atoms with van der Waals surface area (Å²) in [5.74, 6) is 1.10. The first-order chi connectivity index (χ1) is 7.34. The quantitative estimate of drug-likeness (QED) is 0.795. The molecule has 1 aromatic carbocycles. The summed E-state index contributed by atoms with van der Waals surface area (Å²) in [4.78, 5) is 3.82. The molecular formula is C11H12N2O2. The average Bonchev–Trinajstić information content (AvgIpc) is 2.74. The highest BCUT2D eigenvalue weighted by Gasteiger charge is 1.96. The predicted octanol–water partition coefficient (Wildman–Crippen LogP) is 1.67. The lowest BCUT2D eigenvalue weighted by Gasteiger charge is -2.02. The van der Waals surface area contributed by atoms with Crippen molar-refractivity contribution < 1.29 is 9.52 Å². The van der Waals surface area contributed by atoms with E-state index >= 15 is 0 Å². The Morgan fingerprint density at radius 2 is 2.00 bits per heavy atom. The third kappa shape index (κ3) is 2.82. The van der Waals surface area contributed by atoms with Crippen molar-refractivity contribution in [3.63, 3.8) is 0 Å².